The second-order valence-electron chi connectivity index (χ2n) is 6.00. The Morgan fingerprint density at radius 2 is 1.52 bits per heavy atom. The summed E-state index contributed by atoms with van der Waals surface area (Å²) in [5.74, 6) is -0.551. The molecule has 0 fully saturated rings. The Labute approximate surface area is 157 Å². The van der Waals surface area contributed by atoms with Crippen molar-refractivity contribution in [2.45, 2.75) is 25.7 Å². The molecule has 27 heavy (non-hydrogen) atoms. The second kappa shape index (κ2) is 7.32. The molecule has 0 unspecified atom stereocenters. The number of rotatable bonds is 5. The summed E-state index contributed by atoms with van der Waals surface area (Å²) in [7, 11) is -3.78. The van der Waals surface area contributed by atoms with Crippen LogP contribution in [0.4, 0.5) is 10.1 Å². The van der Waals surface area contributed by atoms with Gasteiger partial charge in [0.05, 0.1) is 22.0 Å². The van der Waals surface area contributed by atoms with E-state index in [1.165, 1.54) is 24.3 Å². The summed E-state index contributed by atoms with van der Waals surface area (Å²) >= 11 is 0. The van der Waals surface area contributed by atoms with Crippen molar-refractivity contribution < 1.29 is 17.5 Å². The van der Waals surface area contributed by atoms with Crippen molar-refractivity contribution in [3.63, 3.8) is 0 Å². The summed E-state index contributed by atoms with van der Waals surface area (Å²) in [6, 6.07) is 12.3. The van der Waals surface area contributed by atoms with E-state index in [0.29, 0.717) is 11.4 Å². The van der Waals surface area contributed by atoms with Gasteiger partial charge in [-0.25, -0.2) is 12.8 Å². The molecule has 0 aliphatic heterocycles. The van der Waals surface area contributed by atoms with E-state index in [4.69, 9.17) is 4.74 Å². The van der Waals surface area contributed by atoms with Gasteiger partial charge in [0, 0.05) is 0 Å². The predicted molar refractivity (Wildman–Crippen MR) is 100.0 cm³/mol. The maximum absolute atomic E-state index is 13.7. The summed E-state index contributed by atoms with van der Waals surface area (Å²) in [6.07, 6.45) is 0. The van der Waals surface area contributed by atoms with Crippen molar-refractivity contribution in [3.05, 3.63) is 71.3 Å². The lowest BCUT2D eigenvalue weighted by atomic mass is 10.2. The molecule has 140 valence electrons. The third-order valence-corrected chi connectivity index (χ3v) is 5.22. The second-order valence-corrected chi connectivity index (χ2v) is 7.69. The fourth-order valence-corrected chi connectivity index (χ4v) is 3.59. The highest BCUT2D eigenvalue weighted by Crippen LogP contribution is 2.26. The van der Waals surface area contributed by atoms with Crippen LogP contribution >= 0.6 is 0 Å². The summed E-state index contributed by atoms with van der Waals surface area (Å²) < 4.78 is 46.8. The maximum Gasteiger partial charge on any atom is 0.322 e. The summed E-state index contributed by atoms with van der Waals surface area (Å²) in [4.78, 5) is 8.41. The van der Waals surface area contributed by atoms with Crippen molar-refractivity contribution in [2.24, 2.45) is 0 Å². The predicted octanol–water partition coefficient (Wildman–Crippen LogP) is 4.13. The number of ether oxygens (including phenoxy) is 1. The average Bonchev–Trinajstić information content (AvgIpc) is 2.61. The monoisotopic (exact) mass is 387 g/mol. The van der Waals surface area contributed by atoms with Gasteiger partial charge in [0.2, 0.25) is 0 Å². The summed E-state index contributed by atoms with van der Waals surface area (Å²) in [6.45, 7) is 5.12. The molecule has 0 aliphatic carbocycles. The Balaban J connectivity index is 1.89. The Hall–Kier alpha value is -3.00. The minimum atomic E-state index is -3.78. The molecule has 0 atom stereocenters. The number of nitrogens with zero attached hydrogens (tertiary/aromatic N) is 2. The molecule has 3 rings (SSSR count). The summed E-state index contributed by atoms with van der Waals surface area (Å²) in [5.41, 5.74) is 1.95. The van der Waals surface area contributed by atoms with Crippen LogP contribution in [0.1, 0.15) is 17.0 Å². The van der Waals surface area contributed by atoms with Crippen LogP contribution in [0.5, 0.6) is 11.8 Å². The lowest BCUT2D eigenvalue weighted by molar-refractivity contribution is 0.409. The van der Waals surface area contributed by atoms with Crippen molar-refractivity contribution >= 4 is 15.7 Å². The third-order valence-electron chi connectivity index (χ3n) is 3.86. The van der Waals surface area contributed by atoms with Crippen molar-refractivity contribution in [1.82, 2.24) is 9.97 Å². The number of anilines is 1. The highest BCUT2D eigenvalue weighted by atomic mass is 32.2. The standard InChI is InChI=1S/C19H18FN3O3S/c1-12-8-10-15(11-9-12)27(24,25)23-18-13(2)21-19(22-14(18)3)26-17-7-5-4-6-16(17)20/h4-11,23H,1-3H3. The Kier molecular flexibility index (Phi) is 5.09. The number of benzene rings is 2. The van der Waals surface area contributed by atoms with Crippen LogP contribution in [0.3, 0.4) is 0 Å². The molecule has 2 aromatic carbocycles. The SMILES string of the molecule is Cc1ccc(S(=O)(=O)Nc2c(C)nc(Oc3ccccc3F)nc2C)cc1. The van der Waals surface area contributed by atoms with E-state index in [9.17, 15) is 12.8 Å². The number of nitrogens with one attached hydrogen (secondary N) is 1. The fraction of sp³-hybridized carbons (Fsp3) is 0.158. The van der Waals surface area contributed by atoms with Crippen LogP contribution in [0.2, 0.25) is 0 Å². The Morgan fingerprint density at radius 3 is 2.11 bits per heavy atom. The first-order chi connectivity index (χ1) is 12.8. The zero-order valence-corrected chi connectivity index (χ0v) is 15.8. The van der Waals surface area contributed by atoms with E-state index in [1.807, 2.05) is 6.92 Å². The summed E-state index contributed by atoms with van der Waals surface area (Å²) in [5, 5.41) is 0. The minimum absolute atomic E-state index is 0.00992. The van der Waals surface area contributed by atoms with Gasteiger partial charge in [-0.3, -0.25) is 4.72 Å². The van der Waals surface area contributed by atoms with E-state index in [2.05, 4.69) is 14.7 Å². The largest absolute Gasteiger partial charge is 0.421 e. The minimum Gasteiger partial charge on any atom is -0.421 e. The van der Waals surface area contributed by atoms with Gasteiger partial charge in [-0.1, -0.05) is 29.8 Å². The van der Waals surface area contributed by atoms with Crippen molar-refractivity contribution in [1.29, 1.82) is 0 Å². The molecule has 6 nitrogen and oxygen atoms in total. The van der Waals surface area contributed by atoms with Gasteiger partial charge in [0.25, 0.3) is 10.0 Å². The number of aryl methyl sites for hydroxylation is 3. The van der Waals surface area contributed by atoms with Crippen molar-refractivity contribution in [3.8, 4) is 11.8 Å². The number of para-hydroxylation sites is 1. The molecular formula is C19H18FN3O3S. The van der Waals surface area contributed by atoms with E-state index in [-0.39, 0.29) is 22.3 Å². The molecule has 0 radical (unpaired) electrons. The molecule has 0 amide bonds. The average molecular weight is 387 g/mol. The Morgan fingerprint density at radius 1 is 0.926 bits per heavy atom. The molecule has 1 heterocycles. The van der Waals surface area contributed by atoms with Gasteiger partial charge in [-0.15, -0.1) is 0 Å². The maximum atomic E-state index is 13.7. The smallest absolute Gasteiger partial charge is 0.322 e. The van der Waals surface area contributed by atoms with Gasteiger partial charge < -0.3 is 4.74 Å². The molecule has 3 aromatic rings. The van der Waals surface area contributed by atoms with Gasteiger partial charge in [-0.2, -0.15) is 9.97 Å². The molecule has 0 saturated carbocycles. The van der Waals surface area contributed by atoms with Crippen LogP contribution in [-0.4, -0.2) is 18.4 Å². The zero-order valence-electron chi connectivity index (χ0n) is 15.0. The van der Waals surface area contributed by atoms with E-state index in [1.54, 1.807) is 38.1 Å². The van der Waals surface area contributed by atoms with Gasteiger partial charge in [0.1, 0.15) is 0 Å². The van der Waals surface area contributed by atoms with E-state index in [0.717, 1.165) is 5.56 Å². The van der Waals surface area contributed by atoms with Gasteiger partial charge >= 0.3 is 6.01 Å². The first-order valence-electron chi connectivity index (χ1n) is 8.13. The first kappa shape index (κ1) is 18.8. The fourth-order valence-electron chi connectivity index (χ4n) is 2.42. The quantitative estimate of drug-likeness (QED) is 0.712. The molecule has 0 aliphatic rings. The number of hydrogen-bond acceptors (Lipinski definition) is 5. The highest BCUT2D eigenvalue weighted by Gasteiger charge is 2.19. The lowest BCUT2D eigenvalue weighted by Crippen LogP contribution is -2.16. The van der Waals surface area contributed by atoms with Crippen LogP contribution in [-0.2, 0) is 10.0 Å². The molecular weight excluding hydrogens is 369 g/mol. The lowest BCUT2D eigenvalue weighted by Gasteiger charge is -2.14. The molecule has 0 bridgehead atoms. The van der Waals surface area contributed by atoms with Crippen LogP contribution in [0, 0.1) is 26.6 Å². The molecule has 0 saturated heterocycles. The van der Waals surface area contributed by atoms with Crippen LogP contribution in [0.15, 0.2) is 53.4 Å². The van der Waals surface area contributed by atoms with Gasteiger partial charge in [0.15, 0.2) is 11.6 Å². The van der Waals surface area contributed by atoms with Gasteiger partial charge in [-0.05, 0) is 45.0 Å². The number of hydrogen-bond donors (Lipinski definition) is 1. The Bertz CT molecular complexity index is 1060. The highest BCUT2D eigenvalue weighted by molar-refractivity contribution is 7.92. The normalized spacial score (nSPS) is 11.3. The molecule has 1 aromatic heterocycles. The zero-order chi connectivity index (χ0) is 19.6. The van der Waals surface area contributed by atoms with E-state index < -0.39 is 15.8 Å². The van der Waals surface area contributed by atoms with Crippen molar-refractivity contribution in [2.75, 3.05) is 4.72 Å². The van der Waals surface area contributed by atoms with Crippen LogP contribution < -0.4 is 9.46 Å². The van der Waals surface area contributed by atoms with E-state index >= 15 is 0 Å². The number of halogens is 1. The topological polar surface area (TPSA) is 81.2 Å². The third kappa shape index (κ3) is 4.22. The molecule has 0 spiro atoms. The van der Waals surface area contributed by atoms with Crippen LogP contribution in [0.25, 0.3) is 0 Å². The number of sulfonamides is 1. The number of aromatic nitrogens is 2. The first-order valence-corrected chi connectivity index (χ1v) is 9.62. The molecule has 1 N–H and O–H groups in total. The molecule has 8 heteroatoms.